The summed E-state index contributed by atoms with van der Waals surface area (Å²) in [5.74, 6) is -1.94. The van der Waals surface area contributed by atoms with Gasteiger partial charge in [-0.3, -0.25) is 14.5 Å². The van der Waals surface area contributed by atoms with Crippen LogP contribution in [0.4, 0.5) is 4.39 Å². The van der Waals surface area contributed by atoms with Gasteiger partial charge in [0.2, 0.25) is 5.91 Å². The van der Waals surface area contributed by atoms with Gasteiger partial charge in [0, 0.05) is 11.3 Å². The van der Waals surface area contributed by atoms with E-state index in [1.54, 1.807) is 12.1 Å². The van der Waals surface area contributed by atoms with Crippen LogP contribution >= 0.6 is 35.7 Å². The van der Waals surface area contributed by atoms with Gasteiger partial charge in [-0.1, -0.05) is 42.2 Å². The first-order valence-electron chi connectivity index (χ1n) is 7.48. The lowest BCUT2D eigenvalue weighted by molar-refractivity contribution is -0.148. The molecule has 0 unspecified atom stereocenters. The molecule has 0 bridgehead atoms. The van der Waals surface area contributed by atoms with Crippen LogP contribution in [-0.4, -0.2) is 61.2 Å². The maximum absolute atomic E-state index is 13.8. The van der Waals surface area contributed by atoms with E-state index < -0.39 is 29.6 Å². The molecule has 0 spiro atoms. The van der Waals surface area contributed by atoms with E-state index >= 15 is 0 Å². The summed E-state index contributed by atoms with van der Waals surface area (Å²) in [4.78, 5) is 38.7. The fraction of sp³-hybridized carbons (Fsp3) is 0.250. The van der Waals surface area contributed by atoms with Crippen molar-refractivity contribution < 1.29 is 23.9 Å². The summed E-state index contributed by atoms with van der Waals surface area (Å²) in [6.07, 6.45) is 1.39. The molecule has 10 heteroatoms. The molecule has 6 nitrogen and oxygen atoms in total. The van der Waals surface area contributed by atoms with Crippen LogP contribution in [-0.2, 0) is 14.4 Å². The molecule has 2 saturated heterocycles. The van der Waals surface area contributed by atoms with Gasteiger partial charge in [-0.25, -0.2) is 9.18 Å². The predicted octanol–water partition coefficient (Wildman–Crippen LogP) is 2.01. The Morgan fingerprint density at radius 2 is 2.12 bits per heavy atom. The summed E-state index contributed by atoms with van der Waals surface area (Å²) >= 11 is 7.49. The van der Waals surface area contributed by atoms with Crippen molar-refractivity contribution in [2.24, 2.45) is 0 Å². The molecule has 0 saturated carbocycles. The molecule has 1 N–H and O–H groups in total. The van der Waals surface area contributed by atoms with Gasteiger partial charge >= 0.3 is 5.97 Å². The maximum atomic E-state index is 13.8. The summed E-state index contributed by atoms with van der Waals surface area (Å²) in [5, 5.41) is 9.17. The van der Waals surface area contributed by atoms with Crippen molar-refractivity contribution in [2.45, 2.75) is 6.04 Å². The fourth-order valence-electron chi connectivity index (χ4n) is 2.49. The predicted molar refractivity (Wildman–Crippen MR) is 102 cm³/mol. The number of thioether (sulfide) groups is 2. The van der Waals surface area contributed by atoms with Crippen molar-refractivity contribution in [1.29, 1.82) is 0 Å². The van der Waals surface area contributed by atoms with Crippen LogP contribution in [0.3, 0.4) is 0 Å². The molecule has 1 atom stereocenters. The molecular formula is C16H13FN2O4S3. The van der Waals surface area contributed by atoms with Crippen molar-refractivity contribution in [3.05, 3.63) is 40.6 Å². The molecule has 0 radical (unpaired) electrons. The van der Waals surface area contributed by atoms with Crippen LogP contribution < -0.4 is 0 Å². The van der Waals surface area contributed by atoms with Gasteiger partial charge in [-0.15, -0.1) is 11.8 Å². The lowest BCUT2D eigenvalue weighted by Crippen LogP contribution is -2.47. The van der Waals surface area contributed by atoms with Gasteiger partial charge in [0.1, 0.15) is 22.7 Å². The van der Waals surface area contributed by atoms with Crippen LogP contribution in [0, 0.1) is 5.82 Å². The van der Waals surface area contributed by atoms with E-state index in [-0.39, 0.29) is 27.2 Å². The highest BCUT2D eigenvalue weighted by atomic mass is 32.2. The normalized spacial score (nSPS) is 21.7. The van der Waals surface area contributed by atoms with Crippen LogP contribution in [0.15, 0.2) is 29.2 Å². The van der Waals surface area contributed by atoms with Crippen LogP contribution in [0.2, 0.25) is 0 Å². The number of carbonyl (C=O) groups is 3. The summed E-state index contributed by atoms with van der Waals surface area (Å²) < 4.78 is 14.0. The number of thiocarbonyl (C=S) groups is 1. The topological polar surface area (TPSA) is 77.9 Å². The first-order chi connectivity index (χ1) is 12.4. The van der Waals surface area contributed by atoms with Gasteiger partial charge in [0.25, 0.3) is 5.91 Å². The third kappa shape index (κ3) is 3.76. The Bertz CT molecular complexity index is 829. The number of carbonyl (C=O) groups excluding carboxylic acids is 2. The van der Waals surface area contributed by atoms with Gasteiger partial charge in [-0.2, -0.15) is 0 Å². The lowest BCUT2D eigenvalue weighted by Gasteiger charge is -2.23. The maximum Gasteiger partial charge on any atom is 0.327 e. The van der Waals surface area contributed by atoms with E-state index in [9.17, 15) is 18.8 Å². The molecular weight excluding hydrogens is 399 g/mol. The number of carboxylic acids is 1. The number of benzene rings is 1. The third-order valence-corrected chi connectivity index (χ3v) is 6.24. The molecule has 2 aliphatic heterocycles. The molecule has 1 aromatic rings. The number of aliphatic carboxylic acids is 1. The van der Waals surface area contributed by atoms with Gasteiger partial charge in [-0.05, 0) is 12.1 Å². The Hall–Kier alpha value is -1.91. The Labute approximate surface area is 162 Å². The smallest absolute Gasteiger partial charge is 0.327 e. The highest BCUT2D eigenvalue weighted by molar-refractivity contribution is 8.26. The standard InChI is InChI=1S/C16H13FN2O4S3/c17-10-4-2-1-3-9(10)5-12-14(21)18(16(24)26-12)6-13(20)19-8-25-7-11(19)15(22)23/h1-5,11H,6-8H2,(H,22,23)/b12-5-/t11-/m1/s1. The summed E-state index contributed by atoms with van der Waals surface area (Å²) in [5.41, 5.74) is 0.251. The number of nitrogens with zero attached hydrogens (tertiary/aromatic N) is 2. The molecule has 3 rings (SSSR count). The van der Waals surface area contributed by atoms with E-state index in [2.05, 4.69) is 0 Å². The Kier molecular flexibility index (Phi) is 5.64. The molecule has 2 heterocycles. The monoisotopic (exact) mass is 412 g/mol. The van der Waals surface area contributed by atoms with Crippen LogP contribution in [0.25, 0.3) is 6.08 Å². The Morgan fingerprint density at radius 3 is 2.81 bits per heavy atom. The van der Waals surface area contributed by atoms with Crippen molar-refractivity contribution in [3.8, 4) is 0 Å². The largest absolute Gasteiger partial charge is 0.480 e. The molecule has 136 valence electrons. The number of carboxylic acid groups (broad SMARTS) is 1. The minimum absolute atomic E-state index is 0.185. The molecule has 26 heavy (non-hydrogen) atoms. The van der Waals surface area contributed by atoms with E-state index in [0.717, 1.165) is 16.7 Å². The molecule has 0 aromatic heterocycles. The first kappa shape index (κ1) is 18.9. The van der Waals surface area contributed by atoms with Crippen molar-refractivity contribution in [2.75, 3.05) is 18.2 Å². The van der Waals surface area contributed by atoms with Crippen LogP contribution in [0.5, 0.6) is 0 Å². The zero-order valence-corrected chi connectivity index (χ0v) is 15.7. The highest BCUT2D eigenvalue weighted by Gasteiger charge is 2.39. The fourth-order valence-corrected chi connectivity index (χ4v) is 4.91. The molecule has 2 amide bonds. The minimum atomic E-state index is -1.08. The average Bonchev–Trinajstić information content (AvgIpc) is 3.18. The average molecular weight is 412 g/mol. The van der Waals surface area contributed by atoms with Crippen molar-refractivity contribution in [1.82, 2.24) is 9.80 Å². The van der Waals surface area contributed by atoms with E-state index in [1.165, 1.54) is 34.9 Å². The zero-order valence-electron chi connectivity index (χ0n) is 13.3. The number of rotatable bonds is 4. The number of halogens is 1. The third-order valence-electron chi connectivity index (χ3n) is 3.85. The second-order valence-electron chi connectivity index (χ2n) is 5.51. The number of amides is 2. The van der Waals surface area contributed by atoms with Crippen LogP contribution in [0.1, 0.15) is 5.56 Å². The highest BCUT2D eigenvalue weighted by Crippen LogP contribution is 2.33. The van der Waals surface area contributed by atoms with Crippen molar-refractivity contribution in [3.63, 3.8) is 0 Å². The summed E-state index contributed by atoms with van der Waals surface area (Å²) in [6, 6.07) is 5.11. The number of hydrogen-bond donors (Lipinski definition) is 1. The zero-order chi connectivity index (χ0) is 18.8. The molecule has 1 aromatic carbocycles. The van der Waals surface area contributed by atoms with E-state index in [4.69, 9.17) is 17.3 Å². The van der Waals surface area contributed by atoms with E-state index in [1.807, 2.05) is 0 Å². The quantitative estimate of drug-likeness (QED) is 0.599. The molecule has 0 aliphatic carbocycles. The minimum Gasteiger partial charge on any atom is -0.480 e. The Balaban J connectivity index is 1.74. The molecule has 2 aliphatic rings. The SMILES string of the molecule is O=C(O)[C@H]1CSCN1C(=O)CN1C(=O)/C(=C/c2ccccc2F)SC1=S. The second-order valence-corrected chi connectivity index (χ2v) is 8.18. The van der Waals surface area contributed by atoms with Gasteiger partial charge < -0.3 is 10.0 Å². The van der Waals surface area contributed by atoms with Gasteiger partial charge in [0.05, 0.1) is 10.8 Å². The second kappa shape index (κ2) is 7.77. The lowest BCUT2D eigenvalue weighted by atomic mass is 10.2. The summed E-state index contributed by atoms with van der Waals surface area (Å²) in [7, 11) is 0. The van der Waals surface area contributed by atoms with Crippen molar-refractivity contribution >= 4 is 63.9 Å². The van der Waals surface area contributed by atoms with Gasteiger partial charge in [0.15, 0.2) is 0 Å². The first-order valence-corrected chi connectivity index (χ1v) is 9.86. The van der Waals surface area contributed by atoms with E-state index in [0.29, 0.717) is 5.75 Å². The molecule has 2 fully saturated rings. The Morgan fingerprint density at radius 1 is 1.38 bits per heavy atom. The number of hydrogen-bond acceptors (Lipinski definition) is 6. The summed E-state index contributed by atoms with van der Waals surface area (Å²) in [6.45, 7) is -0.330.